The summed E-state index contributed by atoms with van der Waals surface area (Å²) >= 11 is 6.05. The predicted molar refractivity (Wildman–Crippen MR) is 83.4 cm³/mol. The molecule has 0 fully saturated rings. The molecule has 3 aromatic rings. The first-order valence-electron chi connectivity index (χ1n) is 6.56. The van der Waals surface area contributed by atoms with Crippen LogP contribution in [0.1, 0.15) is 11.1 Å². The molecule has 102 valence electrons. The van der Waals surface area contributed by atoms with Gasteiger partial charge in [-0.15, -0.1) is 0 Å². The Kier molecular flexibility index (Phi) is 3.41. The number of halogens is 1. The average Bonchev–Trinajstić information content (AvgIpc) is 2.73. The lowest BCUT2D eigenvalue weighted by Crippen LogP contribution is -1.94. The molecule has 2 aromatic carbocycles. The molecule has 0 unspecified atom stereocenters. The summed E-state index contributed by atoms with van der Waals surface area (Å²) in [6.45, 7) is 2.62. The molecule has 20 heavy (non-hydrogen) atoms. The zero-order chi connectivity index (χ0) is 14.1. The minimum absolute atomic E-state index is 0.558. The van der Waals surface area contributed by atoms with Crippen molar-refractivity contribution in [2.75, 3.05) is 0 Å². The van der Waals surface area contributed by atoms with E-state index in [1.165, 1.54) is 16.5 Å². The normalized spacial score (nSPS) is 10.9. The highest BCUT2D eigenvalue weighted by Gasteiger charge is 2.07. The number of nitrogens with zero attached hydrogens (tertiary/aromatic N) is 1. The highest BCUT2D eigenvalue weighted by atomic mass is 35.5. The van der Waals surface area contributed by atoms with Gasteiger partial charge < -0.3 is 9.30 Å². The van der Waals surface area contributed by atoms with Crippen molar-refractivity contribution in [1.82, 2.24) is 4.57 Å². The Morgan fingerprint density at radius 3 is 2.80 bits per heavy atom. The van der Waals surface area contributed by atoms with Crippen LogP contribution in [0.4, 0.5) is 0 Å². The van der Waals surface area contributed by atoms with Crippen molar-refractivity contribution in [2.24, 2.45) is 7.05 Å². The molecule has 3 rings (SSSR count). The van der Waals surface area contributed by atoms with Crippen LogP contribution in [-0.4, -0.2) is 4.57 Å². The van der Waals surface area contributed by atoms with E-state index in [1.807, 2.05) is 43.4 Å². The second-order valence-electron chi connectivity index (χ2n) is 5.03. The molecule has 0 saturated heterocycles. The first-order chi connectivity index (χ1) is 9.63. The van der Waals surface area contributed by atoms with Crippen molar-refractivity contribution in [3.8, 4) is 5.75 Å². The van der Waals surface area contributed by atoms with Crippen molar-refractivity contribution < 1.29 is 4.74 Å². The topological polar surface area (TPSA) is 14.2 Å². The summed E-state index contributed by atoms with van der Waals surface area (Å²) in [6.07, 6.45) is 2.09. The summed E-state index contributed by atoms with van der Waals surface area (Å²) in [6, 6.07) is 14.0. The highest BCUT2D eigenvalue weighted by molar-refractivity contribution is 6.31. The zero-order valence-electron chi connectivity index (χ0n) is 11.6. The average molecular weight is 286 g/mol. The van der Waals surface area contributed by atoms with Crippen LogP contribution in [0.15, 0.2) is 48.7 Å². The fourth-order valence-corrected chi connectivity index (χ4v) is 2.59. The van der Waals surface area contributed by atoms with Gasteiger partial charge >= 0.3 is 0 Å². The third-order valence-electron chi connectivity index (χ3n) is 3.42. The molecule has 0 amide bonds. The van der Waals surface area contributed by atoms with Gasteiger partial charge in [-0.25, -0.2) is 0 Å². The highest BCUT2D eigenvalue weighted by Crippen LogP contribution is 2.25. The molecule has 0 aliphatic heterocycles. The number of aromatic nitrogens is 1. The Balaban J connectivity index is 1.88. The molecule has 0 N–H and O–H groups in total. The first-order valence-corrected chi connectivity index (χ1v) is 6.94. The van der Waals surface area contributed by atoms with E-state index in [0.717, 1.165) is 16.3 Å². The predicted octanol–water partition coefficient (Wildman–Crippen LogP) is 4.72. The summed E-state index contributed by atoms with van der Waals surface area (Å²) < 4.78 is 7.96. The number of fused-ring (bicyclic) bond motifs is 1. The van der Waals surface area contributed by atoms with Gasteiger partial charge in [-0.2, -0.15) is 0 Å². The SMILES string of the molecule is Cc1cccc(OCc2cn(C)c3cc(Cl)ccc23)c1. The molecule has 1 heterocycles. The van der Waals surface area contributed by atoms with Gasteiger partial charge in [0.05, 0.1) is 0 Å². The summed E-state index contributed by atoms with van der Waals surface area (Å²) in [5.74, 6) is 0.899. The summed E-state index contributed by atoms with van der Waals surface area (Å²) in [5.41, 5.74) is 3.49. The van der Waals surface area contributed by atoms with Crippen LogP contribution in [0.2, 0.25) is 5.02 Å². The maximum atomic E-state index is 6.05. The molecule has 0 aliphatic carbocycles. The van der Waals surface area contributed by atoms with E-state index in [1.54, 1.807) is 0 Å². The number of aryl methyl sites for hydroxylation is 2. The third kappa shape index (κ3) is 2.52. The molecule has 1 aromatic heterocycles. The molecule has 3 heteroatoms. The van der Waals surface area contributed by atoms with Gasteiger partial charge in [-0.3, -0.25) is 0 Å². The fourth-order valence-electron chi connectivity index (χ4n) is 2.42. The standard InChI is InChI=1S/C17H16ClNO/c1-12-4-3-5-15(8-12)20-11-13-10-19(2)17-9-14(18)6-7-16(13)17/h3-10H,11H2,1-2H3. The smallest absolute Gasteiger partial charge is 0.120 e. The van der Waals surface area contributed by atoms with Crippen molar-refractivity contribution >= 4 is 22.5 Å². The zero-order valence-corrected chi connectivity index (χ0v) is 12.3. The minimum atomic E-state index is 0.558. The van der Waals surface area contributed by atoms with Crippen LogP contribution in [-0.2, 0) is 13.7 Å². The molecular weight excluding hydrogens is 270 g/mol. The summed E-state index contributed by atoms with van der Waals surface area (Å²) in [4.78, 5) is 0. The number of benzene rings is 2. The number of hydrogen-bond acceptors (Lipinski definition) is 1. The monoisotopic (exact) mass is 285 g/mol. The van der Waals surface area contributed by atoms with E-state index < -0.39 is 0 Å². The van der Waals surface area contributed by atoms with Crippen molar-refractivity contribution in [3.63, 3.8) is 0 Å². The molecule has 0 bridgehead atoms. The Hall–Kier alpha value is -1.93. The molecular formula is C17H16ClNO. The molecule has 0 saturated carbocycles. The molecule has 0 spiro atoms. The summed E-state index contributed by atoms with van der Waals surface area (Å²) in [7, 11) is 2.02. The Labute approximate surface area is 123 Å². The van der Waals surface area contributed by atoms with E-state index >= 15 is 0 Å². The number of rotatable bonds is 3. The van der Waals surface area contributed by atoms with E-state index in [0.29, 0.717) is 6.61 Å². The maximum Gasteiger partial charge on any atom is 0.120 e. The fraction of sp³-hybridized carbons (Fsp3) is 0.176. The lowest BCUT2D eigenvalue weighted by Gasteiger charge is -2.06. The Morgan fingerprint density at radius 2 is 2.00 bits per heavy atom. The quantitative estimate of drug-likeness (QED) is 0.679. The van der Waals surface area contributed by atoms with Crippen LogP contribution < -0.4 is 4.74 Å². The van der Waals surface area contributed by atoms with Crippen molar-refractivity contribution in [1.29, 1.82) is 0 Å². The molecule has 2 nitrogen and oxygen atoms in total. The lowest BCUT2D eigenvalue weighted by molar-refractivity contribution is 0.307. The van der Waals surface area contributed by atoms with E-state index in [2.05, 4.69) is 23.8 Å². The molecule has 0 radical (unpaired) electrons. The van der Waals surface area contributed by atoms with Gasteiger partial charge in [0.2, 0.25) is 0 Å². The number of hydrogen-bond donors (Lipinski definition) is 0. The second-order valence-corrected chi connectivity index (χ2v) is 5.47. The van der Waals surface area contributed by atoms with E-state index in [4.69, 9.17) is 16.3 Å². The Bertz CT molecular complexity index is 761. The first kappa shape index (κ1) is 13.1. The third-order valence-corrected chi connectivity index (χ3v) is 3.65. The minimum Gasteiger partial charge on any atom is -0.489 e. The largest absolute Gasteiger partial charge is 0.489 e. The van der Waals surface area contributed by atoms with Crippen molar-refractivity contribution in [2.45, 2.75) is 13.5 Å². The number of ether oxygens (including phenoxy) is 1. The van der Waals surface area contributed by atoms with Crippen LogP contribution in [0.25, 0.3) is 10.9 Å². The van der Waals surface area contributed by atoms with Gasteiger partial charge in [-0.05, 0) is 36.8 Å². The maximum absolute atomic E-state index is 6.05. The molecule has 0 aliphatic rings. The van der Waals surface area contributed by atoms with Crippen molar-refractivity contribution in [3.05, 3.63) is 64.8 Å². The lowest BCUT2D eigenvalue weighted by atomic mass is 10.2. The van der Waals surface area contributed by atoms with E-state index in [-0.39, 0.29) is 0 Å². The Morgan fingerprint density at radius 1 is 1.15 bits per heavy atom. The van der Waals surface area contributed by atoms with Gasteiger partial charge in [0.25, 0.3) is 0 Å². The van der Waals surface area contributed by atoms with Gasteiger partial charge in [0, 0.05) is 34.7 Å². The summed E-state index contributed by atoms with van der Waals surface area (Å²) in [5, 5.41) is 1.94. The van der Waals surface area contributed by atoms with Gasteiger partial charge in [0.15, 0.2) is 0 Å². The van der Waals surface area contributed by atoms with Crippen LogP contribution in [0.3, 0.4) is 0 Å². The second kappa shape index (κ2) is 5.22. The van der Waals surface area contributed by atoms with Crippen LogP contribution >= 0.6 is 11.6 Å². The molecule has 0 atom stereocenters. The van der Waals surface area contributed by atoms with Gasteiger partial charge in [-0.1, -0.05) is 29.8 Å². The van der Waals surface area contributed by atoms with E-state index in [9.17, 15) is 0 Å². The van der Waals surface area contributed by atoms with Gasteiger partial charge in [0.1, 0.15) is 12.4 Å². The van der Waals surface area contributed by atoms with Crippen LogP contribution in [0.5, 0.6) is 5.75 Å². The van der Waals surface area contributed by atoms with Crippen LogP contribution in [0, 0.1) is 6.92 Å².